The first-order valence-electron chi connectivity index (χ1n) is 15.1. The molecule has 8 rings (SSSR count). The van der Waals surface area contributed by atoms with Gasteiger partial charge >= 0.3 is 0 Å². The Morgan fingerprint density at radius 2 is 1.31 bits per heavy atom. The second kappa shape index (κ2) is 12.6. The molecule has 2 fully saturated rings. The maximum Gasteiger partial charge on any atom is 0.248 e. The maximum absolute atomic E-state index is 11.8. The van der Waals surface area contributed by atoms with Crippen molar-refractivity contribution >= 4 is 89.5 Å². The fourth-order valence-electron chi connectivity index (χ4n) is 5.08. The number of Topliss-reactive ketones (excluding diaryl/α,β-unsaturated/α-hetero) is 2. The van der Waals surface area contributed by atoms with Crippen LogP contribution in [0.15, 0.2) is 41.5 Å². The van der Waals surface area contributed by atoms with Crippen LogP contribution in [0.25, 0.3) is 42.9 Å². The number of anilines is 4. The Morgan fingerprint density at radius 1 is 0.812 bits per heavy atom. The number of hydrogen-bond acceptors (Lipinski definition) is 14. The fraction of sp³-hybridized carbons (Fsp3) is 0.250. The maximum atomic E-state index is 11.8. The van der Waals surface area contributed by atoms with Crippen LogP contribution >= 0.6 is 34.3 Å². The van der Waals surface area contributed by atoms with Gasteiger partial charge in [0.25, 0.3) is 0 Å². The van der Waals surface area contributed by atoms with Crippen LogP contribution in [0.1, 0.15) is 58.9 Å². The van der Waals surface area contributed by atoms with E-state index in [4.69, 9.17) is 23.1 Å². The number of carbonyl (C=O) groups excluding carboxylic acids is 2. The molecule has 0 aromatic carbocycles. The number of halogens is 1. The van der Waals surface area contributed by atoms with Crippen molar-refractivity contribution in [1.29, 1.82) is 0 Å². The summed E-state index contributed by atoms with van der Waals surface area (Å²) in [6.45, 7) is 2.98. The van der Waals surface area contributed by atoms with Crippen LogP contribution in [0.2, 0.25) is 5.15 Å². The topological polar surface area (TPSA) is 208 Å². The van der Waals surface area contributed by atoms with Crippen LogP contribution in [0.4, 0.5) is 23.3 Å². The van der Waals surface area contributed by atoms with Crippen molar-refractivity contribution in [3.8, 4) is 22.5 Å². The first-order valence-corrected chi connectivity index (χ1v) is 17.1. The highest BCUT2D eigenvalue weighted by Gasteiger charge is 2.26. The largest absolute Gasteiger partial charge is 0.397 e. The van der Waals surface area contributed by atoms with Crippen LogP contribution in [0.3, 0.4) is 0 Å². The number of H-pyrrole nitrogens is 1. The second-order valence-electron chi connectivity index (χ2n) is 11.6. The molecule has 0 radical (unpaired) electrons. The lowest BCUT2D eigenvalue weighted by Gasteiger charge is -2.08. The zero-order chi connectivity index (χ0) is 33.7. The van der Waals surface area contributed by atoms with E-state index < -0.39 is 0 Å². The molecule has 6 aromatic heterocycles. The van der Waals surface area contributed by atoms with Gasteiger partial charge in [0.05, 0.1) is 43.3 Å². The van der Waals surface area contributed by atoms with Gasteiger partial charge in [0, 0.05) is 55.5 Å². The van der Waals surface area contributed by atoms with E-state index in [1.807, 2.05) is 6.07 Å². The van der Waals surface area contributed by atoms with Gasteiger partial charge in [-0.2, -0.15) is 0 Å². The van der Waals surface area contributed by atoms with Crippen LogP contribution in [-0.2, 0) is 0 Å². The first kappa shape index (κ1) is 31.6. The van der Waals surface area contributed by atoms with Gasteiger partial charge in [-0.15, -0.1) is 22.7 Å². The molecule has 7 N–H and O–H groups in total. The quantitative estimate of drug-likeness (QED) is 0.0892. The second-order valence-corrected chi connectivity index (χ2v) is 14.0. The minimum Gasteiger partial charge on any atom is -0.397 e. The molecule has 48 heavy (non-hydrogen) atoms. The van der Waals surface area contributed by atoms with Gasteiger partial charge in [0.15, 0.2) is 11.6 Å². The van der Waals surface area contributed by atoms with E-state index in [1.54, 1.807) is 24.5 Å². The minimum absolute atomic E-state index is 0.0779. The number of carbonyl (C=O) groups is 2. The highest BCUT2D eigenvalue weighted by Crippen LogP contribution is 2.41. The van der Waals surface area contributed by atoms with Crippen molar-refractivity contribution in [1.82, 2.24) is 29.9 Å². The standard InChI is InChI=1S/C16H14ClN5OS.C16H15N5O2S/c1-7(23)14-12(18)11-13(8-4-5-19-10(17)6-8)21-16(20-9-2-3-9)22-15(11)24-14;1-7(22)14-12(17)11-13(8-4-5-18-10(23)6-8)20-16(19-9-2-3-9)21-15(11)24-14/h4-6,9H,2-3,18H2,1H3,(H,20,21,22);4-6,9H,2-3,17H2,1H3,(H,18,23)(H,19,20,21). The van der Waals surface area contributed by atoms with Crippen molar-refractivity contribution in [3.63, 3.8) is 0 Å². The van der Waals surface area contributed by atoms with Crippen molar-refractivity contribution in [2.24, 2.45) is 0 Å². The molecule has 0 spiro atoms. The molecule has 0 unspecified atom stereocenters. The number of pyridine rings is 2. The summed E-state index contributed by atoms with van der Waals surface area (Å²) in [4.78, 5) is 62.5. The molecule has 6 heterocycles. The molecule has 2 aliphatic carbocycles. The average Bonchev–Trinajstić information content (AvgIpc) is 3.98. The van der Waals surface area contributed by atoms with Gasteiger partial charge < -0.3 is 27.1 Å². The number of aromatic nitrogens is 6. The normalized spacial score (nSPS) is 14.1. The molecule has 0 atom stereocenters. The Labute approximate surface area is 286 Å². The van der Waals surface area contributed by atoms with Gasteiger partial charge in [0.2, 0.25) is 17.5 Å². The van der Waals surface area contributed by atoms with E-state index in [0.717, 1.165) is 31.2 Å². The van der Waals surface area contributed by atoms with E-state index in [9.17, 15) is 14.4 Å². The SMILES string of the molecule is CC(=O)c1sc2nc(NC3CC3)nc(-c3cc[nH]c(=O)c3)c2c1N.CC(=O)c1sc2nc(NC3CC3)nc(-c3ccnc(Cl)c3)c2c1N. The molecule has 0 bridgehead atoms. The van der Waals surface area contributed by atoms with Gasteiger partial charge in [-0.25, -0.2) is 24.9 Å². The molecule has 0 amide bonds. The number of rotatable bonds is 8. The summed E-state index contributed by atoms with van der Waals surface area (Å²) >= 11 is 8.57. The van der Waals surface area contributed by atoms with E-state index >= 15 is 0 Å². The monoisotopic (exact) mass is 700 g/mol. The van der Waals surface area contributed by atoms with E-state index in [0.29, 0.717) is 87.6 Å². The molecule has 2 saturated carbocycles. The average molecular weight is 701 g/mol. The fourth-order valence-corrected chi connectivity index (χ4v) is 7.23. The van der Waals surface area contributed by atoms with Crippen LogP contribution in [0, 0.1) is 0 Å². The third-order valence-electron chi connectivity index (χ3n) is 7.69. The number of nitrogens with zero attached hydrogens (tertiary/aromatic N) is 5. The smallest absolute Gasteiger partial charge is 0.248 e. The predicted molar refractivity (Wildman–Crippen MR) is 191 cm³/mol. The first-order chi connectivity index (χ1) is 23.0. The Hall–Kier alpha value is -4.99. The molecule has 0 saturated heterocycles. The number of nitrogens with one attached hydrogen (secondary N) is 3. The summed E-state index contributed by atoms with van der Waals surface area (Å²) in [6, 6.07) is 7.58. The van der Waals surface area contributed by atoms with Crippen molar-refractivity contribution in [3.05, 3.63) is 61.9 Å². The van der Waals surface area contributed by atoms with E-state index in [-0.39, 0.29) is 17.1 Å². The minimum atomic E-state index is -0.225. The summed E-state index contributed by atoms with van der Waals surface area (Å²) in [7, 11) is 0. The number of ketones is 2. The van der Waals surface area contributed by atoms with Crippen molar-refractivity contribution in [2.45, 2.75) is 51.6 Å². The summed E-state index contributed by atoms with van der Waals surface area (Å²) in [5.74, 6) is 0.857. The Morgan fingerprint density at radius 3 is 1.75 bits per heavy atom. The summed E-state index contributed by atoms with van der Waals surface area (Å²) in [6.07, 6.45) is 7.59. The third-order valence-corrected chi connectivity index (χ3v) is 10.3. The Balaban J connectivity index is 0.000000152. The molecule has 2 aliphatic rings. The van der Waals surface area contributed by atoms with Crippen LogP contribution < -0.4 is 27.7 Å². The molecule has 13 nitrogen and oxygen atoms in total. The summed E-state index contributed by atoms with van der Waals surface area (Å²) in [5, 5.41) is 8.25. The lowest BCUT2D eigenvalue weighted by Crippen LogP contribution is -2.07. The molecule has 244 valence electrons. The summed E-state index contributed by atoms with van der Waals surface area (Å²) < 4.78 is 0. The van der Waals surface area contributed by atoms with Crippen LogP contribution in [-0.4, -0.2) is 53.6 Å². The number of thiophene rings is 2. The van der Waals surface area contributed by atoms with Gasteiger partial charge in [-0.3, -0.25) is 14.4 Å². The molecular formula is C32H29ClN10O3S2. The Bertz CT molecular complexity index is 2310. The van der Waals surface area contributed by atoms with Crippen LogP contribution in [0.5, 0.6) is 0 Å². The highest BCUT2D eigenvalue weighted by molar-refractivity contribution is 7.21. The van der Waals surface area contributed by atoms with Crippen molar-refractivity contribution < 1.29 is 9.59 Å². The summed E-state index contributed by atoms with van der Waals surface area (Å²) in [5.41, 5.74) is 15.6. The molecule has 16 heteroatoms. The lowest BCUT2D eigenvalue weighted by atomic mass is 10.1. The highest BCUT2D eigenvalue weighted by atomic mass is 35.5. The number of fused-ring (bicyclic) bond motifs is 2. The number of aromatic amines is 1. The molecular weight excluding hydrogens is 672 g/mol. The zero-order valence-corrected chi connectivity index (χ0v) is 28.1. The number of nitrogens with two attached hydrogens (primary N) is 2. The van der Waals surface area contributed by atoms with E-state index in [2.05, 4.69) is 40.5 Å². The lowest BCUT2D eigenvalue weighted by molar-refractivity contribution is 0.101. The zero-order valence-electron chi connectivity index (χ0n) is 25.8. The predicted octanol–water partition coefficient (Wildman–Crippen LogP) is 6.17. The van der Waals surface area contributed by atoms with E-state index in [1.165, 1.54) is 42.6 Å². The molecule has 0 aliphatic heterocycles. The third kappa shape index (κ3) is 6.43. The van der Waals surface area contributed by atoms with Gasteiger partial charge in [-0.1, -0.05) is 11.6 Å². The Kier molecular flexibility index (Phi) is 8.27. The van der Waals surface area contributed by atoms with Gasteiger partial charge in [0.1, 0.15) is 14.8 Å². The number of hydrogen-bond donors (Lipinski definition) is 5. The van der Waals surface area contributed by atoms with Crippen molar-refractivity contribution in [2.75, 3.05) is 22.1 Å². The molecule has 6 aromatic rings. The van der Waals surface area contributed by atoms with Gasteiger partial charge in [-0.05, 0) is 43.9 Å². The number of nitrogen functional groups attached to an aromatic ring is 2.